The Morgan fingerprint density at radius 1 is 0.914 bits per heavy atom. The predicted octanol–water partition coefficient (Wildman–Crippen LogP) is 5.26. The van der Waals surface area contributed by atoms with Gasteiger partial charge < -0.3 is 23.9 Å². The fourth-order valence-electron chi connectivity index (χ4n) is 3.78. The number of nitrogens with one attached hydrogen (secondary N) is 2. The summed E-state index contributed by atoms with van der Waals surface area (Å²) >= 11 is 5.34. The summed E-state index contributed by atoms with van der Waals surface area (Å²) in [5, 5.41) is 5.80. The number of aryl methyl sites for hydroxylation is 2. The van der Waals surface area contributed by atoms with E-state index < -0.39 is 5.91 Å². The third kappa shape index (κ3) is 5.20. The molecule has 8 nitrogen and oxygen atoms in total. The van der Waals surface area contributed by atoms with Crippen LogP contribution in [0.1, 0.15) is 21.5 Å². The van der Waals surface area contributed by atoms with E-state index in [0.29, 0.717) is 45.5 Å². The van der Waals surface area contributed by atoms with Crippen LogP contribution in [0.15, 0.2) is 52.9 Å². The van der Waals surface area contributed by atoms with Crippen LogP contribution in [0.25, 0.3) is 22.6 Å². The number of carbonyl (C=O) groups excluding carboxylic acids is 1. The van der Waals surface area contributed by atoms with Gasteiger partial charge in [-0.15, -0.1) is 0 Å². The van der Waals surface area contributed by atoms with Gasteiger partial charge in [0.1, 0.15) is 5.52 Å². The highest BCUT2D eigenvalue weighted by Crippen LogP contribution is 2.38. The summed E-state index contributed by atoms with van der Waals surface area (Å²) in [6.45, 7) is 4.07. The number of rotatable bonds is 6. The second kappa shape index (κ2) is 10.0. The zero-order valence-corrected chi connectivity index (χ0v) is 20.8. The number of oxazole rings is 1. The molecular formula is C26H25N3O5S. The molecule has 0 atom stereocenters. The maximum atomic E-state index is 12.8. The maximum absolute atomic E-state index is 12.8. The summed E-state index contributed by atoms with van der Waals surface area (Å²) in [6.07, 6.45) is 0. The molecule has 4 rings (SSSR count). The van der Waals surface area contributed by atoms with Crippen LogP contribution in [-0.4, -0.2) is 37.3 Å². The summed E-state index contributed by atoms with van der Waals surface area (Å²) < 4.78 is 21.8. The number of hydrogen-bond donors (Lipinski definition) is 2. The number of methoxy groups -OCH3 is 3. The summed E-state index contributed by atoms with van der Waals surface area (Å²) in [5.74, 6) is 1.25. The monoisotopic (exact) mass is 491 g/mol. The zero-order chi connectivity index (χ0) is 25.1. The van der Waals surface area contributed by atoms with E-state index >= 15 is 0 Å². The molecule has 0 saturated heterocycles. The summed E-state index contributed by atoms with van der Waals surface area (Å²) in [6, 6.07) is 14.7. The average Bonchev–Trinajstić information content (AvgIpc) is 3.25. The van der Waals surface area contributed by atoms with Crippen molar-refractivity contribution < 1.29 is 23.4 Å². The second-order valence-corrected chi connectivity index (χ2v) is 8.31. The summed E-state index contributed by atoms with van der Waals surface area (Å²) in [7, 11) is 4.46. The van der Waals surface area contributed by atoms with Crippen molar-refractivity contribution in [1.82, 2.24) is 10.3 Å². The van der Waals surface area contributed by atoms with Gasteiger partial charge in [-0.1, -0.05) is 17.2 Å². The van der Waals surface area contributed by atoms with Gasteiger partial charge >= 0.3 is 0 Å². The number of ether oxygens (including phenoxy) is 3. The molecule has 0 aliphatic rings. The molecule has 0 fully saturated rings. The van der Waals surface area contributed by atoms with Crippen LogP contribution in [0.4, 0.5) is 5.69 Å². The Hall–Kier alpha value is -4.11. The lowest BCUT2D eigenvalue weighted by molar-refractivity contribution is 0.0977. The first-order valence-electron chi connectivity index (χ1n) is 10.7. The lowest BCUT2D eigenvalue weighted by atomic mass is 10.1. The Morgan fingerprint density at radius 3 is 2.17 bits per heavy atom. The zero-order valence-electron chi connectivity index (χ0n) is 20.0. The van der Waals surface area contributed by atoms with Crippen LogP contribution in [0.2, 0.25) is 0 Å². The molecule has 0 unspecified atom stereocenters. The van der Waals surface area contributed by atoms with Gasteiger partial charge in [-0.05, 0) is 68.5 Å². The molecule has 2 N–H and O–H groups in total. The van der Waals surface area contributed by atoms with Gasteiger partial charge in [0.05, 0.1) is 21.3 Å². The molecule has 0 radical (unpaired) electrons. The SMILES string of the molecule is COc1cc(C(=O)NC(=S)Nc2ccc3oc(-c4cc(C)cc(C)c4)nc3c2)cc(OC)c1OC. The number of amides is 1. The van der Waals surface area contributed by atoms with Gasteiger partial charge in [0.2, 0.25) is 11.6 Å². The molecule has 3 aromatic carbocycles. The standard InChI is InChI=1S/C26H25N3O5S/c1-14-8-15(2)10-17(9-14)25-28-19-13-18(6-7-20(19)34-25)27-26(35)29-24(30)16-11-21(31-3)23(33-5)22(12-16)32-4/h6-13H,1-5H3,(H2,27,29,30,35). The smallest absolute Gasteiger partial charge is 0.257 e. The third-order valence-corrected chi connectivity index (χ3v) is 5.47. The van der Waals surface area contributed by atoms with E-state index in [4.69, 9.17) is 30.8 Å². The number of fused-ring (bicyclic) bond motifs is 1. The highest BCUT2D eigenvalue weighted by molar-refractivity contribution is 7.80. The Bertz CT molecular complexity index is 1380. The molecule has 35 heavy (non-hydrogen) atoms. The van der Waals surface area contributed by atoms with Gasteiger partial charge in [0.15, 0.2) is 22.2 Å². The van der Waals surface area contributed by atoms with Gasteiger partial charge in [0, 0.05) is 16.8 Å². The first-order valence-corrected chi connectivity index (χ1v) is 11.1. The molecule has 0 spiro atoms. The number of thiocarbonyl (C=S) groups is 1. The fraction of sp³-hybridized carbons (Fsp3) is 0.192. The van der Waals surface area contributed by atoms with Crippen LogP contribution in [0.3, 0.4) is 0 Å². The molecule has 1 amide bonds. The van der Waals surface area contributed by atoms with E-state index in [1.165, 1.54) is 21.3 Å². The minimum absolute atomic E-state index is 0.126. The van der Waals surface area contributed by atoms with E-state index in [1.54, 1.807) is 24.3 Å². The number of benzene rings is 3. The summed E-state index contributed by atoms with van der Waals surface area (Å²) in [4.78, 5) is 17.4. The Morgan fingerprint density at radius 2 is 1.57 bits per heavy atom. The van der Waals surface area contributed by atoms with Gasteiger partial charge in [-0.3, -0.25) is 10.1 Å². The number of aromatic nitrogens is 1. The fourth-order valence-corrected chi connectivity index (χ4v) is 3.99. The lowest BCUT2D eigenvalue weighted by Crippen LogP contribution is -2.34. The normalized spacial score (nSPS) is 10.7. The Kier molecular flexibility index (Phi) is 6.88. The third-order valence-electron chi connectivity index (χ3n) is 5.27. The van der Waals surface area contributed by atoms with E-state index in [2.05, 4.69) is 21.7 Å². The first-order chi connectivity index (χ1) is 16.8. The van der Waals surface area contributed by atoms with Crippen molar-refractivity contribution in [3.05, 3.63) is 65.2 Å². The molecule has 0 saturated carbocycles. The van der Waals surface area contributed by atoms with Crippen LogP contribution in [0, 0.1) is 13.8 Å². The Balaban J connectivity index is 1.50. The van der Waals surface area contributed by atoms with Crippen molar-refractivity contribution in [2.75, 3.05) is 26.6 Å². The van der Waals surface area contributed by atoms with Crippen molar-refractivity contribution in [3.8, 4) is 28.7 Å². The molecule has 4 aromatic rings. The summed E-state index contributed by atoms with van der Waals surface area (Å²) in [5.41, 5.74) is 5.47. The minimum atomic E-state index is -0.429. The van der Waals surface area contributed by atoms with Crippen molar-refractivity contribution in [3.63, 3.8) is 0 Å². The Labute approximate surface area is 208 Å². The van der Waals surface area contributed by atoms with Gasteiger partial charge in [-0.2, -0.15) is 0 Å². The second-order valence-electron chi connectivity index (χ2n) is 7.90. The molecule has 0 bridgehead atoms. The highest BCUT2D eigenvalue weighted by Gasteiger charge is 2.18. The molecule has 180 valence electrons. The lowest BCUT2D eigenvalue weighted by Gasteiger charge is -2.14. The van der Waals surface area contributed by atoms with Crippen LogP contribution < -0.4 is 24.8 Å². The predicted molar refractivity (Wildman–Crippen MR) is 139 cm³/mol. The van der Waals surface area contributed by atoms with Crippen molar-refractivity contribution in [2.45, 2.75) is 13.8 Å². The minimum Gasteiger partial charge on any atom is -0.493 e. The highest BCUT2D eigenvalue weighted by atomic mass is 32.1. The molecule has 0 aliphatic heterocycles. The topological polar surface area (TPSA) is 94.9 Å². The molecule has 1 aromatic heterocycles. The molecular weight excluding hydrogens is 466 g/mol. The maximum Gasteiger partial charge on any atom is 0.257 e. The van der Waals surface area contributed by atoms with Gasteiger partial charge in [-0.25, -0.2) is 4.98 Å². The van der Waals surface area contributed by atoms with Crippen LogP contribution >= 0.6 is 12.2 Å². The number of carbonyl (C=O) groups is 1. The van der Waals surface area contributed by atoms with E-state index in [0.717, 1.165) is 16.7 Å². The van der Waals surface area contributed by atoms with E-state index in [-0.39, 0.29) is 5.11 Å². The van der Waals surface area contributed by atoms with E-state index in [1.807, 2.05) is 32.0 Å². The van der Waals surface area contributed by atoms with E-state index in [9.17, 15) is 4.79 Å². The number of anilines is 1. The van der Waals surface area contributed by atoms with Crippen molar-refractivity contribution in [1.29, 1.82) is 0 Å². The first kappa shape index (κ1) is 24.0. The molecule has 0 aliphatic carbocycles. The molecule has 9 heteroatoms. The van der Waals surface area contributed by atoms with Gasteiger partial charge in [0.25, 0.3) is 5.91 Å². The van der Waals surface area contributed by atoms with Crippen molar-refractivity contribution >= 4 is 40.0 Å². The molecule has 1 heterocycles. The number of nitrogens with zero attached hydrogens (tertiary/aromatic N) is 1. The average molecular weight is 492 g/mol. The van der Waals surface area contributed by atoms with Crippen molar-refractivity contribution in [2.24, 2.45) is 0 Å². The number of hydrogen-bond acceptors (Lipinski definition) is 7. The van der Waals surface area contributed by atoms with Crippen LogP contribution in [-0.2, 0) is 0 Å². The largest absolute Gasteiger partial charge is 0.493 e. The van der Waals surface area contributed by atoms with Crippen LogP contribution in [0.5, 0.6) is 17.2 Å². The quantitative estimate of drug-likeness (QED) is 0.353.